The van der Waals surface area contributed by atoms with Crippen LogP contribution in [0.5, 0.6) is 11.5 Å². The van der Waals surface area contributed by atoms with Gasteiger partial charge in [0.25, 0.3) is 5.91 Å². The highest BCUT2D eigenvalue weighted by atomic mass is 32.1. The molecule has 0 saturated carbocycles. The lowest BCUT2D eigenvalue weighted by Crippen LogP contribution is -2.32. The number of nitrogens with zero attached hydrogens (tertiary/aromatic N) is 2. The molecule has 0 fully saturated rings. The number of methoxy groups -OCH3 is 1. The first-order valence-corrected chi connectivity index (χ1v) is 10.2. The van der Waals surface area contributed by atoms with E-state index in [-0.39, 0.29) is 5.91 Å². The lowest BCUT2D eigenvalue weighted by Gasteiger charge is -2.24. The number of ether oxygens (including phenoxy) is 2. The largest absolute Gasteiger partial charge is 0.493 e. The molecule has 0 N–H and O–H groups in total. The van der Waals surface area contributed by atoms with Crippen molar-refractivity contribution in [2.75, 3.05) is 40.9 Å². The third-order valence-electron chi connectivity index (χ3n) is 4.12. The summed E-state index contributed by atoms with van der Waals surface area (Å²) in [6, 6.07) is 9.70. The van der Waals surface area contributed by atoms with Gasteiger partial charge >= 0.3 is 0 Å². The monoisotopic (exact) mass is 390 g/mol. The van der Waals surface area contributed by atoms with Crippen molar-refractivity contribution in [3.8, 4) is 11.5 Å². The molecular weight excluding hydrogens is 360 g/mol. The molecule has 2 aromatic rings. The number of amides is 1. The van der Waals surface area contributed by atoms with E-state index in [2.05, 4.69) is 11.8 Å². The van der Waals surface area contributed by atoms with E-state index in [9.17, 15) is 4.79 Å². The van der Waals surface area contributed by atoms with Crippen LogP contribution in [0.25, 0.3) is 0 Å². The predicted octanol–water partition coefficient (Wildman–Crippen LogP) is 4.14. The molecule has 0 saturated heterocycles. The number of carbonyl (C=O) groups excluding carboxylic acids is 1. The van der Waals surface area contributed by atoms with Gasteiger partial charge in [-0.15, -0.1) is 11.3 Å². The smallest absolute Gasteiger partial charge is 0.264 e. The minimum Gasteiger partial charge on any atom is -0.493 e. The molecule has 0 spiro atoms. The highest BCUT2D eigenvalue weighted by Gasteiger charge is 2.18. The Kier molecular flexibility index (Phi) is 8.61. The minimum atomic E-state index is 0.0778. The molecule has 148 valence electrons. The van der Waals surface area contributed by atoms with Crippen LogP contribution in [0, 0.1) is 0 Å². The lowest BCUT2D eigenvalue weighted by atomic mass is 10.1. The molecule has 6 heteroatoms. The first kappa shape index (κ1) is 21.3. The maximum Gasteiger partial charge on any atom is 0.264 e. The quantitative estimate of drug-likeness (QED) is 0.578. The van der Waals surface area contributed by atoms with Crippen LogP contribution in [-0.2, 0) is 6.54 Å². The lowest BCUT2D eigenvalue weighted by molar-refractivity contribution is 0.0742. The third kappa shape index (κ3) is 6.56. The van der Waals surface area contributed by atoms with E-state index in [0.29, 0.717) is 25.4 Å². The third-order valence-corrected chi connectivity index (χ3v) is 4.97. The number of hydrogen-bond donors (Lipinski definition) is 0. The van der Waals surface area contributed by atoms with Crippen LogP contribution in [0.4, 0.5) is 0 Å². The van der Waals surface area contributed by atoms with Gasteiger partial charge < -0.3 is 19.3 Å². The average molecular weight is 391 g/mol. The molecule has 0 atom stereocenters. The van der Waals surface area contributed by atoms with Crippen molar-refractivity contribution in [3.63, 3.8) is 0 Å². The fourth-order valence-corrected chi connectivity index (χ4v) is 3.44. The van der Waals surface area contributed by atoms with Crippen LogP contribution >= 0.6 is 11.3 Å². The van der Waals surface area contributed by atoms with E-state index in [1.54, 1.807) is 7.11 Å². The van der Waals surface area contributed by atoms with E-state index in [4.69, 9.17) is 9.47 Å². The zero-order chi connectivity index (χ0) is 19.6. The number of carbonyl (C=O) groups is 1. The molecule has 1 aromatic heterocycles. The molecule has 0 radical (unpaired) electrons. The van der Waals surface area contributed by atoms with Crippen molar-refractivity contribution < 1.29 is 14.3 Å². The maximum absolute atomic E-state index is 12.9. The number of thiophene rings is 1. The Labute approximate surface area is 166 Å². The number of benzene rings is 1. The Balaban J connectivity index is 2.14. The molecule has 0 aliphatic carbocycles. The van der Waals surface area contributed by atoms with Crippen molar-refractivity contribution in [3.05, 3.63) is 46.2 Å². The van der Waals surface area contributed by atoms with E-state index >= 15 is 0 Å². The summed E-state index contributed by atoms with van der Waals surface area (Å²) in [6.07, 6.45) is 1.87. The van der Waals surface area contributed by atoms with Gasteiger partial charge in [-0.3, -0.25) is 4.79 Å². The highest BCUT2D eigenvalue weighted by molar-refractivity contribution is 7.12. The van der Waals surface area contributed by atoms with Gasteiger partial charge in [-0.05, 0) is 62.6 Å². The topological polar surface area (TPSA) is 42.0 Å². The van der Waals surface area contributed by atoms with Crippen LogP contribution in [0.1, 0.15) is 35.0 Å². The van der Waals surface area contributed by atoms with Crippen molar-refractivity contribution in [2.24, 2.45) is 0 Å². The summed E-state index contributed by atoms with van der Waals surface area (Å²) in [6.45, 7) is 4.94. The summed E-state index contributed by atoms with van der Waals surface area (Å²) in [4.78, 5) is 17.7. The average Bonchev–Trinajstić information content (AvgIpc) is 3.20. The molecule has 5 nitrogen and oxygen atoms in total. The molecule has 0 aliphatic heterocycles. The molecular formula is C21H30N2O3S. The Morgan fingerprint density at radius 2 is 1.96 bits per heavy atom. The summed E-state index contributed by atoms with van der Waals surface area (Å²) < 4.78 is 11.2. The summed E-state index contributed by atoms with van der Waals surface area (Å²) in [7, 11) is 5.74. The van der Waals surface area contributed by atoms with Gasteiger partial charge in [0.15, 0.2) is 11.5 Å². The van der Waals surface area contributed by atoms with Gasteiger partial charge in [0, 0.05) is 13.1 Å². The first-order valence-electron chi connectivity index (χ1n) is 9.32. The summed E-state index contributed by atoms with van der Waals surface area (Å²) in [5.41, 5.74) is 1.03. The Morgan fingerprint density at radius 3 is 2.59 bits per heavy atom. The highest BCUT2D eigenvalue weighted by Crippen LogP contribution is 2.29. The first-order chi connectivity index (χ1) is 13.0. The van der Waals surface area contributed by atoms with Crippen LogP contribution in [-0.4, -0.2) is 56.6 Å². The molecule has 1 aromatic carbocycles. The Hall–Kier alpha value is -2.05. The zero-order valence-corrected chi connectivity index (χ0v) is 17.6. The van der Waals surface area contributed by atoms with Gasteiger partial charge in [-0.25, -0.2) is 0 Å². The van der Waals surface area contributed by atoms with Crippen molar-refractivity contribution >= 4 is 17.2 Å². The van der Waals surface area contributed by atoms with Crippen LogP contribution in [0.3, 0.4) is 0 Å². The van der Waals surface area contributed by atoms with Gasteiger partial charge in [0.2, 0.25) is 0 Å². The Bertz CT molecular complexity index is 701. The molecule has 0 bridgehead atoms. The van der Waals surface area contributed by atoms with E-state index < -0.39 is 0 Å². The Morgan fingerprint density at radius 1 is 1.15 bits per heavy atom. The summed E-state index contributed by atoms with van der Waals surface area (Å²) in [5, 5.41) is 1.94. The van der Waals surface area contributed by atoms with Crippen molar-refractivity contribution in [1.29, 1.82) is 0 Å². The normalized spacial score (nSPS) is 10.9. The molecule has 0 aliphatic rings. The van der Waals surface area contributed by atoms with Gasteiger partial charge in [-0.1, -0.05) is 19.1 Å². The fourth-order valence-electron chi connectivity index (χ4n) is 2.75. The second kappa shape index (κ2) is 10.9. The van der Waals surface area contributed by atoms with E-state index in [0.717, 1.165) is 35.6 Å². The predicted molar refractivity (Wildman–Crippen MR) is 111 cm³/mol. The van der Waals surface area contributed by atoms with Gasteiger partial charge in [0.05, 0.1) is 18.6 Å². The SMILES string of the molecule is CCCOc1ccc(CN(CCCN(C)C)C(=O)c2cccs2)cc1OC. The summed E-state index contributed by atoms with van der Waals surface area (Å²) in [5.74, 6) is 1.53. The standard InChI is InChI=1S/C21H30N2O3S/c1-5-13-26-18-10-9-17(15-19(18)25-4)16-23(12-7-11-22(2)3)21(24)20-8-6-14-27-20/h6,8-10,14-15H,5,7,11-13,16H2,1-4H3. The zero-order valence-electron chi connectivity index (χ0n) is 16.7. The fraction of sp³-hybridized carbons (Fsp3) is 0.476. The molecule has 1 amide bonds. The molecule has 27 heavy (non-hydrogen) atoms. The van der Waals surface area contributed by atoms with Crippen molar-refractivity contribution in [1.82, 2.24) is 9.80 Å². The second-order valence-corrected chi connectivity index (χ2v) is 7.64. The molecule has 1 heterocycles. The molecule has 0 unspecified atom stereocenters. The number of hydrogen-bond acceptors (Lipinski definition) is 5. The van der Waals surface area contributed by atoms with Crippen molar-refractivity contribution in [2.45, 2.75) is 26.3 Å². The van der Waals surface area contributed by atoms with E-state index in [1.807, 2.05) is 54.7 Å². The van der Waals surface area contributed by atoms with Gasteiger partial charge in [0.1, 0.15) is 0 Å². The van der Waals surface area contributed by atoms with Crippen LogP contribution in [0.2, 0.25) is 0 Å². The van der Waals surface area contributed by atoms with Crippen LogP contribution < -0.4 is 9.47 Å². The number of rotatable bonds is 11. The molecule has 2 rings (SSSR count). The minimum absolute atomic E-state index is 0.0778. The second-order valence-electron chi connectivity index (χ2n) is 6.69. The maximum atomic E-state index is 12.9. The summed E-state index contributed by atoms with van der Waals surface area (Å²) >= 11 is 1.48. The van der Waals surface area contributed by atoms with Gasteiger partial charge in [-0.2, -0.15) is 0 Å². The van der Waals surface area contributed by atoms with E-state index in [1.165, 1.54) is 11.3 Å². The van der Waals surface area contributed by atoms with Crippen LogP contribution in [0.15, 0.2) is 35.7 Å².